The van der Waals surface area contributed by atoms with Gasteiger partial charge in [0.05, 0.1) is 11.0 Å². The Bertz CT molecular complexity index is 471. The molecule has 1 aromatic heterocycles. The Morgan fingerprint density at radius 1 is 1.36 bits per heavy atom. The van der Waals surface area contributed by atoms with Gasteiger partial charge >= 0.3 is 0 Å². The van der Waals surface area contributed by atoms with Crippen molar-refractivity contribution in [2.45, 2.75) is 26.8 Å². The summed E-state index contributed by atoms with van der Waals surface area (Å²) in [6.45, 7) is 6.13. The molecule has 0 unspecified atom stereocenters. The Morgan fingerprint density at radius 2 is 2.07 bits per heavy atom. The van der Waals surface area contributed by atoms with Crippen LogP contribution in [0.1, 0.15) is 25.7 Å². The van der Waals surface area contributed by atoms with E-state index in [9.17, 15) is 4.39 Å². The average Bonchev–Trinajstić information content (AvgIpc) is 2.39. The second-order valence-electron chi connectivity index (χ2n) is 3.76. The number of fused-ring (bicyclic) bond motifs is 1. The normalized spacial score (nSPS) is 11.5. The van der Waals surface area contributed by atoms with Crippen LogP contribution in [0.15, 0.2) is 18.2 Å². The van der Waals surface area contributed by atoms with E-state index in [-0.39, 0.29) is 5.82 Å². The number of aromatic nitrogens is 2. The molecule has 0 saturated carbocycles. The van der Waals surface area contributed by atoms with Crippen LogP contribution in [-0.4, -0.2) is 9.55 Å². The van der Waals surface area contributed by atoms with E-state index in [0.717, 1.165) is 16.9 Å². The van der Waals surface area contributed by atoms with E-state index in [2.05, 4.69) is 23.4 Å². The van der Waals surface area contributed by atoms with Gasteiger partial charge in [0.1, 0.15) is 11.6 Å². The van der Waals surface area contributed by atoms with Gasteiger partial charge in [-0.1, -0.05) is 0 Å². The minimum atomic E-state index is -0.231. The van der Waals surface area contributed by atoms with E-state index in [1.165, 1.54) is 12.1 Å². The first-order valence-electron chi connectivity index (χ1n) is 4.73. The Hall–Kier alpha value is -1.38. The molecule has 2 aromatic rings. The topological polar surface area (TPSA) is 17.8 Å². The number of imidazole rings is 1. The molecule has 0 atom stereocenters. The molecule has 0 aliphatic rings. The molecule has 0 fully saturated rings. The lowest BCUT2D eigenvalue weighted by Crippen LogP contribution is -2.02. The van der Waals surface area contributed by atoms with Crippen LogP contribution in [0.2, 0.25) is 0 Å². The number of halogens is 1. The fourth-order valence-electron chi connectivity index (χ4n) is 1.84. The molecule has 3 heteroatoms. The van der Waals surface area contributed by atoms with Crippen LogP contribution in [0.25, 0.3) is 11.0 Å². The van der Waals surface area contributed by atoms with Gasteiger partial charge < -0.3 is 4.57 Å². The molecule has 0 amide bonds. The molecule has 0 N–H and O–H groups in total. The lowest BCUT2D eigenvalue weighted by molar-refractivity contribution is 0.599. The highest BCUT2D eigenvalue weighted by molar-refractivity contribution is 5.76. The predicted octanol–water partition coefficient (Wildman–Crippen LogP) is 3.06. The van der Waals surface area contributed by atoms with E-state index < -0.39 is 0 Å². The van der Waals surface area contributed by atoms with Crippen molar-refractivity contribution in [2.75, 3.05) is 0 Å². The summed E-state index contributed by atoms with van der Waals surface area (Å²) in [5.74, 6) is 0.700. The van der Waals surface area contributed by atoms with Crippen molar-refractivity contribution in [2.24, 2.45) is 0 Å². The van der Waals surface area contributed by atoms with Gasteiger partial charge in [0.2, 0.25) is 0 Å². The second-order valence-corrected chi connectivity index (χ2v) is 3.76. The molecular weight excluding hydrogens is 179 g/mol. The van der Waals surface area contributed by atoms with E-state index in [1.54, 1.807) is 6.07 Å². The maximum atomic E-state index is 12.9. The highest BCUT2D eigenvalue weighted by Crippen LogP contribution is 2.21. The molecule has 14 heavy (non-hydrogen) atoms. The van der Waals surface area contributed by atoms with Gasteiger partial charge in [-0.25, -0.2) is 9.37 Å². The quantitative estimate of drug-likeness (QED) is 0.679. The summed E-state index contributed by atoms with van der Waals surface area (Å²) in [6, 6.07) is 5.08. The van der Waals surface area contributed by atoms with Crippen LogP contribution in [-0.2, 0) is 0 Å². The number of rotatable bonds is 1. The Kier molecular flexibility index (Phi) is 2.02. The molecule has 0 aliphatic carbocycles. The van der Waals surface area contributed by atoms with Crippen molar-refractivity contribution in [3.8, 4) is 0 Å². The van der Waals surface area contributed by atoms with Gasteiger partial charge in [0.25, 0.3) is 0 Å². The van der Waals surface area contributed by atoms with Crippen molar-refractivity contribution in [1.82, 2.24) is 9.55 Å². The highest BCUT2D eigenvalue weighted by atomic mass is 19.1. The highest BCUT2D eigenvalue weighted by Gasteiger charge is 2.09. The number of hydrogen-bond acceptors (Lipinski definition) is 1. The summed E-state index contributed by atoms with van der Waals surface area (Å²) in [5, 5.41) is 0. The van der Waals surface area contributed by atoms with E-state index >= 15 is 0 Å². The zero-order chi connectivity index (χ0) is 10.3. The van der Waals surface area contributed by atoms with Gasteiger partial charge in [0, 0.05) is 12.1 Å². The average molecular weight is 192 g/mol. The summed E-state index contributed by atoms with van der Waals surface area (Å²) in [5.41, 5.74) is 1.73. The first-order valence-corrected chi connectivity index (χ1v) is 4.73. The number of aryl methyl sites for hydroxylation is 1. The van der Waals surface area contributed by atoms with Crippen LogP contribution >= 0.6 is 0 Å². The number of nitrogens with zero attached hydrogens (tertiary/aromatic N) is 2. The zero-order valence-electron chi connectivity index (χ0n) is 8.58. The van der Waals surface area contributed by atoms with Gasteiger partial charge in [0.15, 0.2) is 0 Å². The number of hydrogen-bond donors (Lipinski definition) is 0. The predicted molar refractivity (Wildman–Crippen MR) is 54.8 cm³/mol. The molecule has 0 saturated heterocycles. The molecule has 2 nitrogen and oxygen atoms in total. The molecular formula is C11H13FN2. The van der Waals surface area contributed by atoms with Crippen molar-refractivity contribution < 1.29 is 4.39 Å². The summed E-state index contributed by atoms with van der Waals surface area (Å²) < 4.78 is 15.0. The summed E-state index contributed by atoms with van der Waals surface area (Å²) >= 11 is 0. The molecule has 0 radical (unpaired) electrons. The summed E-state index contributed by atoms with van der Waals surface area (Å²) in [4.78, 5) is 4.32. The lowest BCUT2D eigenvalue weighted by atomic mass is 10.3. The maximum Gasteiger partial charge on any atom is 0.125 e. The summed E-state index contributed by atoms with van der Waals surface area (Å²) in [7, 11) is 0. The minimum Gasteiger partial charge on any atom is -0.326 e. The van der Waals surface area contributed by atoms with Crippen LogP contribution in [0.4, 0.5) is 4.39 Å². The van der Waals surface area contributed by atoms with Gasteiger partial charge in [-0.15, -0.1) is 0 Å². The SMILES string of the molecule is Cc1nc2cc(F)ccc2n1C(C)C. The first kappa shape index (κ1) is 9.19. The number of benzene rings is 1. The third-order valence-electron chi connectivity index (χ3n) is 2.34. The molecule has 0 bridgehead atoms. The lowest BCUT2D eigenvalue weighted by Gasteiger charge is -2.10. The first-order chi connectivity index (χ1) is 6.59. The van der Waals surface area contributed by atoms with E-state index in [0.29, 0.717) is 6.04 Å². The summed E-state index contributed by atoms with van der Waals surface area (Å²) in [6.07, 6.45) is 0. The van der Waals surface area contributed by atoms with E-state index in [4.69, 9.17) is 0 Å². The van der Waals surface area contributed by atoms with Gasteiger partial charge in [-0.2, -0.15) is 0 Å². The van der Waals surface area contributed by atoms with Crippen LogP contribution in [0, 0.1) is 12.7 Å². The molecule has 74 valence electrons. The fraction of sp³-hybridized carbons (Fsp3) is 0.364. The van der Waals surface area contributed by atoms with Crippen LogP contribution in [0.5, 0.6) is 0 Å². The largest absolute Gasteiger partial charge is 0.326 e. The maximum absolute atomic E-state index is 12.9. The van der Waals surface area contributed by atoms with Crippen molar-refractivity contribution in [3.05, 3.63) is 29.8 Å². The monoisotopic (exact) mass is 192 g/mol. The molecule has 1 aromatic carbocycles. The van der Waals surface area contributed by atoms with Crippen LogP contribution < -0.4 is 0 Å². The van der Waals surface area contributed by atoms with Crippen molar-refractivity contribution >= 4 is 11.0 Å². The molecule has 2 rings (SSSR count). The third-order valence-corrected chi connectivity index (χ3v) is 2.34. The molecule has 0 aliphatic heterocycles. The van der Waals surface area contributed by atoms with Crippen molar-refractivity contribution in [3.63, 3.8) is 0 Å². The van der Waals surface area contributed by atoms with Crippen molar-refractivity contribution in [1.29, 1.82) is 0 Å². The zero-order valence-corrected chi connectivity index (χ0v) is 8.58. The third kappa shape index (κ3) is 1.29. The Labute approximate surface area is 82.4 Å². The fourth-order valence-corrected chi connectivity index (χ4v) is 1.84. The molecule has 0 spiro atoms. The van der Waals surface area contributed by atoms with Gasteiger partial charge in [-0.05, 0) is 32.9 Å². The van der Waals surface area contributed by atoms with E-state index in [1.807, 2.05) is 6.92 Å². The Morgan fingerprint density at radius 3 is 2.71 bits per heavy atom. The van der Waals surface area contributed by atoms with Gasteiger partial charge in [-0.3, -0.25) is 0 Å². The second kappa shape index (κ2) is 3.08. The van der Waals surface area contributed by atoms with Crippen LogP contribution in [0.3, 0.4) is 0 Å². The standard InChI is InChI=1S/C11H13FN2/c1-7(2)14-8(3)13-10-6-9(12)4-5-11(10)14/h4-7H,1-3H3. The smallest absolute Gasteiger partial charge is 0.125 e. The Balaban J connectivity index is 2.77. The molecule has 1 heterocycles. The minimum absolute atomic E-state index is 0.231.